The lowest BCUT2D eigenvalue weighted by molar-refractivity contribution is -0.122. The first-order valence-electron chi connectivity index (χ1n) is 9.00. The molecule has 1 aromatic carbocycles. The summed E-state index contributed by atoms with van der Waals surface area (Å²) < 4.78 is 6.17. The maximum absolute atomic E-state index is 12.9. The van der Waals surface area contributed by atoms with Crippen LogP contribution < -0.4 is 5.32 Å². The summed E-state index contributed by atoms with van der Waals surface area (Å²) in [7, 11) is 1.89. The molecule has 1 atom stereocenters. The summed E-state index contributed by atoms with van der Waals surface area (Å²) in [4.78, 5) is 37.7. The monoisotopic (exact) mass is 399 g/mol. The van der Waals surface area contributed by atoms with E-state index in [9.17, 15) is 9.59 Å². The fraction of sp³-hybridized carbons (Fsp3) is 0.368. The fourth-order valence-electron chi connectivity index (χ4n) is 3.31. The van der Waals surface area contributed by atoms with Gasteiger partial charge in [-0.25, -0.2) is 9.97 Å². The van der Waals surface area contributed by atoms with Gasteiger partial charge in [-0.05, 0) is 32.2 Å². The molecular weight excluding hydrogens is 378 g/mol. The molecule has 0 spiro atoms. The number of oxazole rings is 1. The third-order valence-electron chi connectivity index (χ3n) is 4.84. The van der Waals surface area contributed by atoms with Gasteiger partial charge < -0.3 is 14.6 Å². The molecule has 1 aliphatic rings. The Morgan fingerprint density at radius 2 is 2.07 bits per heavy atom. The molecule has 1 aliphatic heterocycles. The Bertz CT molecular complexity index is 1040. The highest BCUT2D eigenvalue weighted by Crippen LogP contribution is 2.25. The topological polar surface area (TPSA) is 91.6 Å². The van der Waals surface area contributed by atoms with Crippen molar-refractivity contribution in [2.24, 2.45) is 0 Å². The van der Waals surface area contributed by atoms with Crippen LogP contribution in [-0.4, -0.2) is 64.3 Å². The number of likely N-dealkylation sites (N-methyl/N-ethyl adjacent to an activating group) is 1. The van der Waals surface area contributed by atoms with Crippen molar-refractivity contribution in [2.75, 3.05) is 32.0 Å². The zero-order valence-electron chi connectivity index (χ0n) is 15.9. The van der Waals surface area contributed by atoms with Crippen molar-refractivity contribution in [3.63, 3.8) is 0 Å². The van der Waals surface area contributed by atoms with Crippen molar-refractivity contribution < 1.29 is 14.0 Å². The van der Waals surface area contributed by atoms with Crippen LogP contribution in [0.25, 0.3) is 10.2 Å². The van der Waals surface area contributed by atoms with Gasteiger partial charge in [0.1, 0.15) is 12.3 Å². The van der Waals surface area contributed by atoms with Crippen LogP contribution in [0.15, 0.2) is 28.9 Å². The predicted molar refractivity (Wildman–Crippen MR) is 107 cm³/mol. The van der Waals surface area contributed by atoms with Gasteiger partial charge in [0.25, 0.3) is 5.91 Å². The molecule has 0 aliphatic carbocycles. The number of nitrogens with zero attached hydrogens (tertiary/aromatic N) is 4. The number of carbonyl (C=O) groups is 2. The van der Waals surface area contributed by atoms with Gasteiger partial charge in [-0.2, -0.15) is 0 Å². The van der Waals surface area contributed by atoms with Gasteiger partial charge >= 0.3 is 0 Å². The average Bonchev–Trinajstić information content (AvgIpc) is 3.25. The minimum atomic E-state index is -0.440. The van der Waals surface area contributed by atoms with E-state index in [2.05, 4.69) is 15.3 Å². The molecule has 0 saturated carbocycles. The van der Waals surface area contributed by atoms with E-state index in [1.54, 1.807) is 23.2 Å². The molecule has 1 unspecified atom stereocenters. The Hall–Kier alpha value is -2.78. The second-order valence-corrected chi connectivity index (χ2v) is 8.14. The highest BCUT2D eigenvalue weighted by Gasteiger charge is 2.33. The number of thiazole rings is 1. The molecule has 9 heteroatoms. The molecule has 3 aromatic rings. The third kappa shape index (κ3) is 3.63. The second kappa shape index (κ2) is 7.33. The number of benzene rings is 1. The minimum Gasteiger partial charge on any atom is -0.448 e. The van der Waals surface area contributed by atoms with Gasteiger partial charge in [-0.1, -0.05) is 0 Å². The molecule has 1 N–H and O–H groups in total. The number of carbonyl (C=O) groups excluding carboxylic acids is 2. The standard InChI is InChI=1S/C19H21N5O3S/c1-11-20-15(10-27-11)19(26)24-7-6-23(3)16(9-24)18(25)22-13-4-5-14-17(8-13)28-12(2)21-14/h4-5,8,10,16H,6-7,9H2,1-3H3,(H,22,25). The van der Waals surface area contributed by atoms with Crippen molar-refractivity contribution in [1.29, 1.82) is 0 Å². The van der Waals surface area contributed by atoms with Crippen LogP contribution in [0.4, 0.5) is 5.69 Å². The van der Waals surface area contributed by atoms with Crippen LogP contribution in [0.2, 0.25) is 0 Å². The van der Waals surface area contributed by atoms with Crippen molar-refractivity contribution in [1.82, 2.24) is 19.8 Å². The summed E-state index contributed by atoms with van der Waals surface area (Å²) in [5, 5.41) is 3.96. The van der Waals surface area contributed by atoms with Crippen molar-refractivity contribution in [2.45, 2.75) is 19.9 Å². The number of hydrogen-bond acceptors (Lipinski definition) is 7. The summed E-state index contributed by atoms with van der Waals surface area (Å²) in [6.07, 6.45) is 1.36. The number of nitrogens with one attached hydrogen (secondary N) is 1. The maximum atomic E-state index is 12.9. The van der Waals surface area contributed by atoms with Crippen LogP contribution in [0.1, 0.15) is 21.4 Å². The number of fused-ring (bicyclic) bond motifs is 1. The van der Waals surface area contributed by atoms with Gasteiger partial charge in [0.15, 0.2) is 11.6 Å². The summed E-state index contributed by atoms with van der Waals surface area (Å²) in [6.45, 7) is 5.10. The summed E-state index contributed by atoms with van der Waals surface area (Å²) in [5.74, 6) is 0.0849. The summed E-state index contributed by atoms with van der Waals surface area (Å²) in [6, 6.07) is 5.25. The average molecular weight is 399 g/mol. The third-order valence-corrected chi connectivity index (χ3v) is 5.77. The van der Waals surface area contributed by atoms with Crippen molar-refractivity contribution in [3.05, 3.63) is 41.1 Å². The van der Waals surface area contributed by atoms with Gasteiger partial charge in [-0.3, -0.25) is 14.5 Å². The number of rotatable bonds is 3. The van der Waals surface area contributed by atoms with Gasteiger partial charge in [0.05, 0.1) is 15.2 Å². The SMILES string of the molecule is Cc1nc(C(=O)N2CCN(C)C(C(=O)Nc3ccc4nc(C)sc4c3)C2)co1. The van der Waals surface area contributed by atoms with E-state index in [4.69, 9.17) is 4.42 Å². The molecule has 3 heterocycles. The highest BCUT2D eigenvalue weighted by molar-refractivity contribution is 7.18. The zero-order chi connectivity index (χ0) is 19.8. The molecule has 2 amide bonds. The number of anilines is 1. The molecule has 146 valence electrons. The molecule has 28 heavy (non-hydrogen) atoms. The molecule has 2 aromatic heterocycles. The molecular formula is C19H21N5O3S. The molecule has 1 saturated heterocycles. The van der Waals surface area contributed by atoms with Crippen LogP contribution in [0, 0.1) is 13.8 Å². The van der Waals surface area contributed by atoms with Crippen LogP contribution in [-0.2, 0) is 4.79 Å². The molecule has 4 rings (SSSR count). The smallest absolute Gasteiger partial charge is 0.275 e. The van der Waals surface area contributed by atoms with E-state index < -0.39 is 6.04 Å². The summed E-state index contributed by atoms with van der Waals surface area (Å²) in [5.41, 5.74) is 1.92. The Morgan fingerprint density at radius 3 is 2.82 bits per heavy atom. The Morgan fingerprint density at radius 1 is 1.25 bits per heavy atom. The fourth-order valence-corrected chi connectivity index (χ4v) is 4.17. The van der Waals surface area contributed by atoms with E-state index in [1.165, 1.54) is 6.26 Å². The second-order valence-electron chi connectivity index (χ2n) is 6.90. The quantitative estimate of drug-likeness (QED) is 0.727. The van der Waals surface area contributed by atoms with E-state index in [0.29, 0.717) is 25.5 Å². The predicted octanol–water partition coefficient (Wildman–Crippen LogP) is 2.30. The lowest BCUT2D eigenvalue weighted by atomic mass is 10.1. The number of amides is 2. The van der Waals surface area contributed by atoms with Gasteiger partial charge in [0, 0.05) is 32.2 Å². The molecule has 0 radical (unpaired) electrons. The Kier molecular flexibility index (Phi) is 4.86. The Balaban J connectivity index is 1.47. The van der Waals surface area contributed by atoms with Crippen LogP contribution >= 0.6 is 11.3 Å². The van der Waals surface area contributed by atoms with E-state index in [0.717, 1.165) is 20.9 Å². The molecule has 1 fully saturated rings. The number of aryl methyl sites for hydroxylation is 2. The molecule has 8 nitrogen and oxygen atoms in total. The number of aromatic nitrogens is 2. The van der Waals surface area contributed by atoms with Crippen molar-refractivity contribution >= 4 is 39.1 Å². The van der Waals surface area contributed by atoms with Crippen LogP contribution in [0.5, 0.6) is 0 Å². The first-order chi connectivity index (χ1) is 13.4. The van der Waals surface area contributed by atoms with Gasteiger partial charge in [0.2, 0.25) is 5.91 Å². The Labute approximate surface area is 166 Å². The van der Waals surface area contributed by atoms with E-state index in [1.807, 2.05) is 37.1 Å². The molecule has 0 bridgehead atoms. The van der Waals surface area contributed by atoms with E-state index >= 15 is 0 Å². The zero-order valence-corrected chi connectivity index (χ0v) is 16.7. The highest BCUT2D eigenvalue weighted by atomic mass is 32.1. The first kappa shape index (κ1) is 18.6. The van der Waals surface area contributed by atoms with Gasteiger partial charge in [-0.15, -0.1) is 11.3 Å². The lowest BCUT2D eigenvalue weighted by Gasteiger charge is -2.38. The number of piperazine rings is 1. The van der Waals surface area contributed by atoms with Crippen molar-refractivity contribution in [3.8, 4) is 0 Å². The number of hydrogen-bond donors (Lipinski definition) is 1. The van der Waals surface area contributed by atoms with E-state index in [-0.39, 0.29) is 17.5 Å². The first-order valence-corrected chi connectivity index (χ1v) is 9.82. The normalized spacial score (nSPS) is 17.8. The largest absolute Gasteiger partial charge is 0.448 e. The lowest BCUT2D eigenvalue weighted by Crippen LogP contribution is -2.57. The van der Waals surface area contributed by atoms with Crippen LogP contribution in [0.3, 0.4) is 0 Å². The maximum Gasteiger partial charge on any atom is 0.275 e. The minimum absolute atomic E-state index is 0.142. The summed E-state index contributed by atoms with van der Waals surface area (Å²) >= 11 is 1.59.